The van der Waals surface area contributed by atoms with E-state index in [1.807, 2.05) is 0 Å². The molecule has 0 unspecified atom stereocenters. The van der Waals surface area contributed by atoms with E-state index in [9.17, 15) is 85.6 Å². The molecule has 0 atom stereocenters. The summed E-state index contributed by atoms with van der Waals surface area (Å²) >= 11 is 0. The Labute approximate surface area is 406 Å². The average Bonchev–Trinajstić information content (AvgIpc) is 3.22. The Hall–Kier alpha value is -5.96. The second kappa shape index (κ2) is 20.5. The van der Waals surface area contributed by atoms with E-state index in [0.29, 0.717) is 42.5 Å². The molecule has 5 aromatic rings. The van der Waals surface area contributed by atoms with Crippen LogP contribution in [0.15, 0.2) is 133 Å². The predicted molar refractivity (Wildman–Crippen MR) is 243 cm³/mol. The Morgan fingerprint density at radius 3 is 1.22 bits per heavy atom. The fourth-order valence-electron chi connectivity index (χ4n) is 5.76. The van der Waals surface area contributed by atoms with Crippen molar-refractivity contribution in [3.8, 4) is 0 Å². The Kier molecular flexibility index (Phi) is 16.2. The zero-order valence-corrected chi connectivity index (χ0v) is 41.4. The van der Waals surface area contributed by atoms with Gasteiger partial charge in [-0.3, -0.25) is 27.3 Å². The van der Waals surface area contributed by atoms with Gasteiger partial charge in [0.2, 0.25) is 0 Å². The summed E-state index contributed by atoms with van der Waals surface area (Å²) in [6.07, 6.45) is 0. The van der Waals surface area contributed by atoms with E-state index in [2.05, 4.69) is 39.1 Å². The fraction of sp³-hybridized carbons (Fsp3) is 0.125. The maximum absolute atomic E-state index is 12.8. The van der Waals surface area contributed by atoms with Gasteiger partial charge in [-0.2, -0.15) is 55.6 Å². The van der Waals surface area contributed by atoms with Gasteiger partial charge in [0.05, 0.1) is 51.6 Å². The van der Waals surface area contributed by atoms with E-state index in [-0.39, 0.29) is 0 Å². The lowest BCUT2D eigenvalue weighted by molar-refractivity contribution is 0.282. The average molecular weight is 1170 g/mol. The molecule has 0 aliphatic carbocycles. The first-order valence-electron chi connectivity index (χ1n) is 18.2. The number of nitrogen functional groups attached to an aromatic ring is 2. The molecule has 0 saturated heterocycles. The van der Waals surface area contributed by atoms with Gasteiger partial charge >= 0.3 is 20.8 Å². The van der Waals surface area contributed by atoms with Crippen molar-refractivity contribution >= 4 is 137 Å². The fourth-order valence-corrected chi connectivity index (χ4v) is 11.7. The van der Waals surface area contributed by atoms with Crippen LogP contribution in [0.3, 0.4) is 0 Å². The van der Waals surface area contributed by atoms with Gasteiger partial charge in [0.1, 0.15) is 48.0 Å². The van der Waals surface area contributed by atoms with Crippen LogP contribution in [0.25, 0.3) is 10.8 Å². The number of benzene rings is 5. The van der Waals surface area contributed by atoms with Gasteiger partial charge in [0.25, 0.3) is 40.5 Å². The summed E-state index contributed by atoms with van der Waals surface area (Å²) in [6, 6.07) is 8.82. The van der Waals surface area contributed by atoms with Crippen molar-refractivity contribution in [2.75, 3.05) is 36.2 Å². The summed E-state index contributed by atoms with van der Waals surface area (Å²) in [7, 11) is -40.6. The molecule has 32 nitrogen and oxygen atoms in total. The minimum absolute atomic E-state index is 0.359. The lowest BCUT2D eigenvalue weighted by Gasteiger charge is -2.11. The molecule has 0 aliphatic heterocycles. The first-order valence-corrected chi connectivity index (χ1v) is 30.0. The van der Waals surface area contributed by atoms with E-state index < -0.39 is 191 Å². The Bertz CT molecular complexity index is 4100. The van der Waals surface area contributed by atoms with Crippen molar-refractivity contribution < 1.29 is 103 Å². The third-order valence-corrected chi connectivity index (χ3v) is 16.7. The summed E-state index contributed by atoms with van der Waals surface area (Å²) in [5.41, 5.74) is 6.74. The third-order valence-electron chi connectivity index (χ3n) is 8.90. The van der Waals surface area contributed by atoms with Crippen molar-refractivity contribution in [3.05, 3.63) is 72.8 Å². The highest BCUT2D eigenvalue weighted by molar-refractivity contribution is 7.92. The van der Waals surface area contributed by atoms with Crippen LogP contribution < -0.4 is 11.5 Å². The van der Waals surface area contributed by atoms with E-state index in [0.717, 1.165) is 30.3 Å². The van der Waals surface area contributed by atoms with Crippen molar-refractivity contribution in [3.63, 3.8) is 0 Å². The summed E-state index contributed by atoms with van der Waals surface area (Å²) in [5.74, 6) is -2.32. The van der Waals surface area contributed by atoms with Crippen molar-refractivity contribution in [2.45, 2.75) is 29.4 Å². The smallest absolute Gasteiger partial charge is 0.395 e. The van der Waals surface area contributed by atoms with Crippen LogP contribution in [0, 0.1) is 0 Å². The third kappa shape index (κ3) is 14.4. The van der Waals surface area contributed by atoms with E-state index in [1.165, 1.54) is 0 Å². The number of nitrogens with two attached hydrogens (primary N) is 2. The molecule has 5 rings (SSSR count). The van der Waals surface area contributed by atoms with Gasteiger partial charge in [0, 0.05) is 10.8 Å². The maximum Gasteiger partial charge on any atom is 0.397 e. The monoisotopic (exact) mass is 1170 g/mol. The molecule has 0 heterocycles. The van der Waals surface area contributed by atoms with Crippen LogP contribution in [0.1, 0.15) is 0 Å². The number of rotatable bonds is 20. The van der Waals surface area contributed by atoms with Gasteiger partial charge in [-0.15, -0.1) is 25.6 Å². The minimum Gasteiger partial charge on any atom is -0.395 e. The number of fused-ring (bicyclic) bond motifs is 1. The van der Waals surface area contributed by atoms with E-state index in [1.54, 1.807) is 0 Å². The first-order chi connectivity index (χ1) is 32.8. The van der Waals surface area contributed by atoms with Gasteiger partial charge in [0.15, 0.2) is 19.7 Å². The Balaban J connectivity index is 1.73. The largest absolute Gasteiger partial charge is 0.397 e. The number of anilines is 2. The predicted octanol–water partition coefficient (Wildman–Crippen LogP) is 3.42. The number of nitrogens with zero attached hydrogens (tertiary/aromatic N) is 6. The molecule has 10 N–H and O–H groups in total. The SMILES string of the molecule is Nc1c(/N=N/c2cc(S(=O)(=O)O)c3cccc(S(=O)(=O)O)c3c2)cc(/N=N/c2ccc(S(=O)(=O)CCOS(=O)(=O)O)cc2S(=O)(=O)O)c(N)c1/N=N/c1ccc(S(=O)(=O)CCOS(=O)(=O)O)cc1S(=O)(=O)O. The van der Waals surface area contributed by atoms with Crippen LogP contribution in [0.5, 0.6) is 0 Å². The molecule has 40 heteroatoms. The number of hydrogen-bond acceptors (Lipinski definition) is 26. The molecular weight excluding hydrogens is 1140 g/mol. The van der Waals surface area contributed by atoms with Gasteiger partial charge in [-0.05, 0) is 60.7 Å². The molecule has 390 valence electrons. The van der Waals surface area contributed by atoms with Crippen molar-refractivity contribution in [1.29, 1.82) is 0 Å². The highest BCUT2D eigenvalue weighted by Crippen LogP contribution is 2.46. The topological polar surface area (TPSA) is 539 Å². The van der Waals surface area contributed by atoms with Crippen LogP contribution >= 0.6 is 0 Å². The molecule has 0 saturated carbocycles. The second-order valence-electron chi connectivity index (χ2n) is 13.8. The van der Waals surface area contributed by atoms with Crippen molar-refractivity contribution in [2.24, 2.45) is 30.7 Å². The molecule has 0 fully saturated rings. The van der Waals surface area contributed by atoms with E-state index in [4.69, 9.17) is 20.6 Å². The van der Waals surface area contributed by atoms with Crippen LogP contribution in [-0.2, 0) is 89.3 Å². The summed E-state index contributed by atoms with van der Waals surface area (Å²) in [5, 5.41) is 21.6. The van der Waals surface area contributed by atoms with E-state index >= 15 is 0 Å². The van der Waals surface area contributed by atoms with Gasteiger partial charge in [-0.1, -0.05) is 12.1 Å². The summed E-state index contributed by atoms with van der Waals surface area (Å²) in [4.78, 5) is -6.05. The molecule has 0 bridgehead atoms. The Morgan fingerprint density at radius 1 is 0.403 bits per heavy atom. The molecule has 0 radical (unpaired) electrons. The normalized spacial score (nSPS) is 13.8. The minimum atomic E-state index is -5.44. The first kappa shape index (κ1) is 56.9. The van der Waals surface area contributed by atoms with Crippen LogP contribution in [-0.4, -0.2) is 119 Å². The van der Waals surface area contributed by atoms with Crippen LogP contribution in [0.4, 0.5) is 45.5 Å². The number of hydrogen-bond donors (Lipinski definition) is 8. The van der Waals surface area contributed by atoms with Gasteiger partial charge in [-0.25, -0.2) is 25.2 Å². The summed E-state index contributed by atoms with van der Waals surface area (Å²) < 4.78 is 259. The highest BCUT2D eigenvalue weighted by Gasteiger charge is 2.27. The summed E-state index contributed by atoms with van der Waals surface area (Å²) in [6.45, 7) is -2.29. The molecular formula is C32H30N8O24S8. The molecule has 0 aromatic heterocycles. The lowest BCUT2D eigenvalue weighted by Crippen LogP contribution is -2.16. The zero-order valence-electron chi connectivity index (χ0n) is 34.9. The number of azo groups is 3. The van der Waals surface area contributed by atoms with Gasteiger partial charge < -0.3 is 11.5 Å². The highest BCUT2D eigenvalue weighted by atomic mass is 32.3. The van der Waals surface area contributed by atoms with Crippen molar-refractivity contribution in [1.82, 2.24) is 0 Å². The number of sulfone groups is 2. The molecule has 72 heavy (non-hydrogen) atoms. The molecule has 5 aromatic carbocycles. The zero-order chi connectivity index (χ0) is 54.2. The Morgan fingerprint density at radius 2 is 0.806 bits per heavy atom. The molecule has 0 aliphatic rings. The molecule has 0 amide bonds. The second-order valence-corrected chi connectivity index (χ2v) is 25.7. The lowest BCUT2D eigenvalue weighted by atomic mass is 10.1. The standard InChI is InChI=1S/C32H30N8O24S8/c33-30-24(38-35-17-12-21-20(27(13-17)68(48,49)50)2-1-3-26(21)67(45,46)47)16-25(39-36-22-6-4-18(14-28(22)69(51,52)53)65(41,42)10-8-63-71(57,58)59)31(34)32(30)40-37-23-7-5-19(15-29(23)70(54,55)56)66(43,44)11-9-64-72(60,61)62/h1-7,12-16H,8-11,33-34H2,(H,45,46,47)(H,48,49,50)(H,51,52,53)(H,54,55,56)(H,57,58,59)(H,60,61,62)/b38-35+,39-36+,40-37+. The molecule has 0 spiro atoms. The quantitative estimate of drug-likeness (QED) is 0.0314. The maximum atomic E-state index is 12.8. The van der Waals surface area contributed by atoms with Crippen LogP contribution in [0.2, 0.25) is 0 Å².